The van der Waals surface area contributed by atoms with Gasteiger partial charge in [-0.25, -0.2) is 4.79 Å². The number of carbonyl (C=O) groups is 3. The Kier molecular flexibility index (Phi) is 9.75. The van der Waals surface area contributed by atoms with Gasteiger partial charge < -0.3 is 14.2 Å². The molecule has 0 atom stereocenters. The SMILES string of the molecule is C=CC(=O)OCCCCOC(=O)C1CCC(C2CCC(C(=O)Oc3cccc4ccccc34)CC2)CC1. The first-order valence-corrected chi connectivity index (χ1v) is 13.7. The fraction of sp³-hybridized carbons (Fsp3) is 0.516. The van der Waals surface area contributed by atoms with Crippen molar-refractivity contribution in [2.24, 2.45) is 23.7 Å². The minimum Gasteiger partial charge on any atom is -0.465 e. The zero-order chi connectivity index (χ0) is 26.0. The van der Waals surface area contributed by atoms with Crippen molar-refractivity contribution >= 4 is 28.7 Å². The van der Waals surface area contributed by atoms with Crippen LogP contribution in [0.3, 0.4) is 0 Å². The number of fused-ring (bicyclic) bond motifs is 1. The van der Waals surface area contributed by atoms with Crippen LogP contribution in [0.15, 0.2) is 55.1 Å². The van der Waals surface area contributed by atoms with E-state index in [9.17, 15) is 14.4 Å². The molecule has 0 heterocycles. The maximum absolute atomic E-state index is 12.9. The van der Waals surface area contributed by atoms with Gasteiger partial charge in [0.25, 0.3) is 0 Å². The maximum Gasteiger partial charge on any atom is 0.330 e. The lowest BCUT2D eigenvalue weighted by atomic mass is 9.69. The summed E-state index contributed by atoms with van der Waals surface area (Å²) in [6, 6.07) is 13.8. The van der Waals surface area contributed by atoms with Crippen molar-refractivity contribution in [2.75, 3.05) is 13.2 Å². The van der Waals surface area contributed by atoms with Gasteiger partial charge in [0.15, 0.2) is 0 Å². The van der Waals surface area contributed by atoms with E-state index in [1.54, 1.807) is 0 Å². The van der Waals surface area contributed by atoms with Crippen LogP contribution < -0.4 is 4.74 Å². The molecule has 6 heteroatoms. The van der Waals surface area contributed by atoms with Crippen LogP contribution in [0, 0.1) is 23.7 Å². The molecule has 0 amide bonds. The van der Waals surface area contributed by atoms with Gasteiger partial charge in [0, 0.05) is 11.5 Å². The summed E-state index contributed by atoms with van der Waals surface area (Å²) in [7, 11) is 0. The predicted octanol–water partition coefficient (Wildman–Crippen LogP) is 6.41. The molecule has 0 radical (unpaired) electrons. The number of hydrogen-bond acceptors (Lipinski definition) is 6. The monoisotopic (exact) mass is 506 g/mol. The third kappa shape index (κ3) is 7.43. The van der Waals surface area contributed by atoms with Gasteiger partial charge in [-0.15, -0.1) is 0 Å². The van der Waals surface area contributed by atoms with Crippen LogP contribution in [-0.2, 0) is 23.9 Å². The van der Waals surface area contributed by atoms with Gasteiger partial charge in [0.2, 0.25) is 0 Å². The molecule has 2 aromatic rings. The van der Waals surface area contributed by atoms with Gasteiger partial charge in [0.1, 0.15) is 5.75 Å². The lowest BCUT2D eigenvalue weighted by molar-refractivity contribution is -0.151. The summed E-state index contributed by atoms with van der Waals surface area (Å²) in [6.45, 7) is 4.04. The van der Waals surface area contributed by atoms with E-state index in [4.69, 9.17) is 14.2 Å². The van der Waals surface area contributed by atoms with Crippen LogP contribution >= 0.6 is 0 Å². The molecule has 6 nitrogen and oxygen atoms in total. The molecule has 0 bridgehead atoms. The van der Waals surface area contributed by atoms with Crippen LogP contribution in [0.4, 0.5) is 0 Å². The number of hydrogen-bond donors (Lipinski definition) is 0. The van der Waals surface area contributed by atoms with Gasteiger partial charge in [-0.2, -0.15) is 0 Å². The normalized spacial score (nSPS) is 23.7. The fourth-order valence-electron chi connectivity index (χ4n) is 5.86. The Labute approximate surface area is 219 Å². The lowest BCUT2D eigenvalue weighted by Crippen LogP contribution is -2.31. The Bertz CT molecular complexity index is 1070. The largest absolute Gasteiger partial charge is 0.465 e. The summed E-state index contributed by atoms with van der Waals surface area (Å²) in [5.74, 6) is 1.20. The molecule has 4 rings (SSSR count). The second-order valence-electron chi connectivity index (χ2n) is 10.4. The molecule has 2 saturated carbocycles. The van der Waals surface area contributed by atoms with Gasteiger partial charge in [0.05, 0.1) is 25.0 Å². The van der Waals surface area contributed by atoms with E-state index in [0.29, 0.717) is 43.6 Å². The van der Waals surface area contributed by atoms with Gasteiger partial charge >= 0.3 is 17.9 Å². The molecule has 0 unspecified atom stereocenters. The molecule has 37 heavy (non-hydrogen) atoms. The average Bonchev–Trinajstić information content (AvgIpc) is 2.95. The molecule has 0 aromatic heterocycles. The predicted molar refractivity (Wildman–Crippen MR) is 142 cm³/mol. The van der Waals surface area contributed by atoms with E-state index in [-0.39, 0.29) is 23.8 Å². The summed E-state index contributed by atoms with van der Waals surface area (Å²) in [6.07, 6.45) is 10.2. The first-order chi connectivity index (χ1) is 18.0. The average molecular weight is 507 g/mol. The van der Waals surface area contributed by atoms with Crippen LogP contribution in [-0.4, -0.2) is 31.1 Å². The molecule has 198 valence electrons. The Morgan fingerprint density at radius 2 is 1.30 bits per heavy atom. The molecule has 2 aliphatic rings. The first kappa shape index (κ1) is 26.9. The molecular weight excluding hydrogens is 468 g/mol. The van der Waals surface area contributed by atoms with Gasteiger partial charge in [-0.3, -0.25) is 9.59 Å². The number of esters is 3. The number of carbonyl (C=O) groups excluding carboxylic acids is 3. The lowest BCUT2D eigenvalue weighted by Gasteiger charge is -2.36. The Balaban J connectivity index is 1.14. The molecule has 2 fully saturated rings. The number of rotatable bonds is 10. The van der Waals surface area contributed by atoms with Crippen LogP contribution in [0.5, 0.6) is 5.75 Å². The highest BCUT2D eigenvalue weighted by molar-refractivity contribution is 5.90. The van der Waals surface area contributed by atoms with E-state index in [0.717, 1.165) is 68.2 Å². The number of unbranched alkanes of at least 4 members (excludes halogenated alkanes) is 1. The van der Waals surface area contributed by atoms with Crippen LogP contribution in [0.25, 0.3) is 10.8 Å². The highest BCUT2D eigenvalue weighted by Crippen LogP contribution is 2.42. The first-order valence-electron chi connectivity index (χ1n) is 13.7. The molecular formula is C31H38O6. The van der Waals surface area contributed by atoms with Crippen molar-refractivity contribution in [1.82, 2.24) is 0 Å². The zero-order valence-electron chi connectivity index (χ0n) is 21.6. The third-order valence-electron chi connectivity index (χ3n) is 8.03. The van der Waals surface area contributed by atoms with E-state index < -0.39 is 5.97 Å². The van der Waals surface area contributed by atoms with Crippen molar-refractivity contribution in [2.45, 2.75) is 64.2 Å². The van der Waals surface area contributed by atoms with Crippen LogP contribution in [0.2, 0.25) is 0 Å². The number of benzene rings is 2. The molecule has 0 N–H and O–H groups in total. The fourth-order valence-corrected chi connectivity index (χ4v) is 5.86. The summed E-state index contributed by atoms with van der Waals surface area (Å²) >= 11 is 0. The van der Waals surface area contributed by atoms with E-state index in [1.807, 2.05) is 42.5 Å². The molecule has 0 saturated heterocycles. The van der Waals surface area contributed by atoms with Crippen LogP contribution in [0.1, 0.15) is 64.2 Å². The summed E-state index contributed by atoms with van der Waals surface area (Å²) in [5.41, 5.74) is 0. The molecule has 2 aromatic carbocycles. The summed E-state index contributed by atoms with van der Waals surface area (Å²) < 4.78 is 16.2. The highest BCUT2D eigenvalue weighted by atomic mass is 16.5. The van der Waals surface area contributed by atoms with E-state index in [1.165, 1.54) is 0 Å². The Morgan fingerprint density at radius 3 is 1.95 bits per heavy atom. The molecule has 0 aliphatic heterocycles. The third-order valence-corrected chi connectivity index (χ3v) is 8.03. The second kappa shape index (κ2) is 13.4. The second-order valence-corrected chi connectivity index (χ2v) is 10.4. The summed E-state index contributed by atoms with van der Waals surface area (Å²) in [5, 5.41) is 2.04. The quantitative estimate of drug-likeness (QED) is 0.160. The topological polar surface area (TPSA) is 78.9 Å². The summed E-state index contributed by atoms with van der Waals surface area (Å²) in [4.78, 5) is 36.4. The maximum atomic E-state index is 12.9. The van der Waals surface area contributed by atoms with Crippen molar-refractivity contribution < 1.29 is 28.6 Å². The minimum atomic E-state index is -0.428. The van der Waals surface area contributed by atoms with Gasteiger partial charge in [-0.05, 0) is 87.5 Å². The van der Waals surface area contributed by atoms with Crippen molar-refractivity contribution in [1.29, 1.82) is 0 Å². The smallest absolute Gasteiger partial charge is 0.330 e. The molecule has 0 spiro atoms. The molecule has 2 aliphatic carbocycles. The van der Waals surface area contributed by atoms with E-state index in [2.05, 4.69) is 6.58 Å². The van der Waals surface area contributed by atoms with Crippen molar-refractivity contribution in [3.05, 3.63) is 55.1 Å². The number of ether oxygens (including phenoxy) is 3. The Hall–Kier alpha value is -3.15. The standard InChI is InChI=1S/C31H38O6/c1-2-29(32)35-20-5-6-21-36-30(33)25-16-12-22(13-17-25)23-14-18-26(19-15-23)31(34)37-28-11-7-9-24-8-3-4-10-27(24)28/h2-4,7-11,22-23,25-26H,1,5-6,12-21H2. The minimum absolute atomic E-state index is 0.0122. The van der Waals surface area contributed by atoms with Crippen molar-refractivity contribution in [3.63, 3.8) is 0 Å². The van der Waals surface area contributed by atoms with E-state index >= 15 is 0 Å². The Morgan fingerprint density at radius 1 is 0.730 bits per heavy atom. The van der Waals surface area contributed by atoms with Gasteiger partial charge in [-0.1, -0.05) is 43.0 Å². The highest BCUT2D eigenvalue weighted by Gasteiger charge is 2.35. The zero-order valence-corrected chi connectivity index (χ0v) is 21.6. The van der Waals surface area contributed by atoms with Crippen molar-refractivity contribution in [3.8, 4) is 5.75 Å².